The number of halogens is 9. The van der Waals surface area contributed by atoms with E-state index in [-0.39, 0.29) is 88.4 Å². The van der Waals surface area contributed by atoms with Crippen molar-refractivity contribution in [2.24, 2.45) is 5.73 Å². The third kappa shape index (κ3) is 20.2. The molecule has 4 aromatic carbocycles. The van der Waals surface area contributed by atoms with Gasteiger partial charge in [-0.1, -0.05) is 41.9 Å². The van der Waals surface area contributed by atoms with Gasteiger partial charge in [0.2, 0.25) is 5.91 Å². The molecule has 130 heavy (non-hydrogen) atoms. The van der Waals surface area contributed by atoms with E-state index in [4.69, 9.17) is 17.3 Å². The van der Waals surface area contributed by atoms with E-state index < -0.39 is 153 Å². The number of Topliss-reactive ketones (excluding diaryl/α,β-unsaturated/α-hetero) is 4. The van der Waals surface area contributed by atoms with Crippen LogP contribution >= 0.6 is 11.6 Å². The van der Waals surface area contributed by atoms with Gasteiger partial charge in [-0.25, -0.2) is 35.1 Å². The number of fused-ring (bicyclic) bond motifs is 4. The molecule has 690 valence electrons. The third-order valence-corrected chi connectivity index (χ3v) is 23.6. The fourth-order valence-corrected chi connectivity index (χ4v) is 16.5. The summed E-state index contributed by atoms with van der Waals surface area (Å²) in [6.45, 7) is 21.3. The Morgan fingerprint density at radius 3 is 1.29 bits per heavy atom. The van der Waals surface area contributed by atoms with Gasteiger partial charge in [0.25, 0.3) is 82.7 Å². The summed E-state index contributed by atoms with van der Waals surface area (Å²) in [5.41, 5.74) is 5.92. The number of aromatic amines is 1. The number of rotatable bonds is 25. The van der Waals surface area contributed by atoms with Crippen molar-refractivity contribution in [2.45, 2.75) is 215 Å². The fourth-order valence-electron chi connectivity index (χ4n) is 16.3. The molecule has 0 spiro atoms. The maximum Gasteiger partial charge on any atom is 0.293 e. The number of aliphatic hydroxyl groups excluding tert-OH is 2. The number of aromatic nitrogens is 7. The number of primary amides is 1. The number of H-pyrrole nitrogens is 1. The first-order valence-corrected chi connectivity index (χ1v) is 41.6. The van der Waals surface area contributed by atoms with Gasteiger partial charge in [0.1, 0.15) is 51.8 Å². The van der Waals surface area contributed by atoms with Crippen LogP contribution in [0.3, 0.4) is 0 Å². The molecule has 9 aromatic rings. The van der Waals surface area contributed by atoms with Crippen LogP contribution in [-0.2, 0) is 81.4 Å². The van der Waals surface area contributed by atoms with Crippen LogP contribution in [0.5, 0.6) is 0 Å². The minimum absolute atomic E-state index is 0.00893. The number of nitrogens with two attached hydrogens (primary N) is 1. The van der Waals surface area contributed by atoms with Crippen LogP contribution < -0.4 is 48.3 Å². The van der Waals surface area contributed by atoms with Crippen molar-refractivity contribution in [2.75, 3.05) is 34.5 Å². The van der Waals surface area contributed by atoms with Crippen molar-refractivity contribution in [3.05, 3.63) is 219 Å². The smallest absolute Gasteiger partial charge is 0.293 e. The summed E-state index contributed by atoms with van der Waals surface area (Å²) in [6.07, 6.45) is -1.56. The molecule has 14 rings (SSSR count). The highest BCUT2D eigenvalue weighted by atomic mass is 35.5. The van der Waals surface area contributed by atoms with Gasteiger partial charge in [0.05, 0.1) is 76.1 Å². The van der Waals surface area contributed by atoms with Crippen molar-refractivity contribution in [3.63, 3.8) is 0 Å². The van der Waals surface area contributed by atoms with E-state index in [9.17, 15) is 108 Å². The lowest BCUT2D eigenvalue weighted by Gasteiger charge is -2.46. The molecule has 1 saturated carbocycles. The van der Waals surface area contributed by atoms with Crippen molar-refractivity contribution in [1.82, 2.24) is 54.9 Å². The van der Waals surface area contributed by atoms with Crippen LogP contribution in [0.1, 0.15) is 236 Å². The van der Waals surface area contributed by atoms with Gasteiger partial charge in [-0.2, -0.15) is 15.4 Å². The topological polar surface area (TPSA) is 446 Å². The Labute approximate surface area is 744 Å². The maximum absolute atomic E-state index is 14.5. The lowest BCUT2D eigenvalue weighted by Crippen LogP contribution is -2.61. The van der Waals surface area contributed by atoms with Gasteiger partial charge in [-0.3, -0.25) is 62.3 Å². The fraction of sp³-hybridized carbons (Fsp3) is 0.389. The molecule has 1 atom stereocenters. The van der Waals surface area contributed by atoms with E-state index >= 15 is 0 Å². The molecule has 5 aliphatic rings. The molecule has 13 N–H and O–H groups in total. The summed E-state index contributed by atoms with van der Waals surface area (Å²) >= 11 is 6.15. The molecular formula is C90H97ClF8N16O15. The number of hydrogen-bond acceptors (Lipinski definition) is 17. The average molecular weight is 1830 g/mol. The van der Waals surface area contributed by atoms with E-state index in [1.54, 1.807) is 108 Å². The molecule has 0 bridgehead atoms. The number of carbonyl (C=O) groups excluding carboxylic acids is 13. The largest absolute Gasteiger partial charge is 0.394 e. The number of anilines is 4. The first-order valence-electron chi connectivity index (χ1n) is 41.2. The molecule has 5 aromatic heterocycles. The zero-order valence-electron chi connectivity index (χ0n) is 73.1. The van der Waals surface area contributed by atoms with Gasteiger partial charge in [-0.15, -0.1) is 0 Å². The number of nitrogens with one attached hydrogen (secondary N) is 9. The number of aryl methyl sites for hydroxylation is 3. The predicted octanol–water partition coefficient (Wildman–Crippen LogP) is 11.3. The van der Waals surface area contributed by atoms with Gasteiger partial charge in [0, 0.05) is 83.8 Å². The minimum Gasteiger partial charge on any atom is -0.394 e. The van der Waals surface area contributed by atoms with E-state index in [0.29, 0.717) is 118 Å². The Morgan fingerprint density at radius 2 is 0.915 bits per heavy atom. The molecule has 40 heteroatoms. The Balaban J connectivity index is 0.000000169. The molecule has 9 heterocycles. The van der Waals surface area contributed by atoms with Crippen LogP contribution in [0.4, 0.5) is 57.9 Å². The van der Waals surface area contributed by atoms with Crippen LogP contribution in [0.2, 0.25) is 5.02 Å². The average Bonchev–Trinajstić information content (AvgIpc) is 0.844. The van der Waals surface area contributed by atoms with Crippen molar-refractivity contribution in [3.8, 4) is 0 Å². The number of carbonyl (C=O) groups is 13. The first kappa shape index (κ1) is 97.3. The van der Waals surface area contributed by atoms with Crippen LogP contribution in [0.15, 0.2) is 79.0 Å². The second kappa shape index (κ2) is 38.2. The van der Waals surface area contributed by atoms with Gasteiger partial charge >= 0.3 is 0 Å². The second-order valence-electron chi connectivity index (χ2n) is 34.4. The number of amides is 9. The summed E-state index contributed by atoms with van der Waals surface area (Å²) in [7, 11) is 0. The highest BCUT2D eigenvalue weighted by molar-refractivity contribution is 6.46. The van der Waals surface area contributed by atoms with Gasteiger partial charge in [-0.05, 0) is 210 Å². The molecule has 4 aliphatic heterocycles. The highest BCUT2D eigenvalue weighted by Crippen LogP contribution is 2.51. The first-order chi connectivity index (χ1) is 60.9. The predicted molar refractivity (Wildman–Crippen MR) is 460 cm³/mol. The van der Waals surface area contributed by atoms with Crippen molar-refractivity contribution < 1.29 is 108 Å². The van der Waals surface area contributed by atoms with E-state index in [2.05, 4.69) is 57.9 Å². The summed E-state index contributed by atoms with van der Waals surface area (Å²) in [5.74, 6) is -15.8. The third-order valence-electron chi connectivity index (χ3n) is 23.1. The number of benzene rings is 4. The normalized spacial score (nSPS) is 14.8. The standard InChI is InChI=1S/C24H20F6N6O3.C22H26ClN3O4.C22H25FN4O4.C22H26FN3O4/c1-10-16(19(37)22(39)33-23(8-24(29,30)9-23)15-6-31-35-34-15)14-5-11(25)7-36(14)18(10)21(38)32-13-4-2-3-12(17(13)26)20(27)28;1-12-7-8-14(10-15(12)23)24-20(29)18-13(2)17(16-6-5-9-26(16)18)19(28)21(30)25-22(3,4)11-27;1-11-7-8-13(10-14(11)23)25-19(29)17-12(2)16(15-6-5-9-27(15)17)18(28)20(30)26-22(3,4)21(24)31;1-12-7-8-14(10-15(12)23)24-20(29)18-13(2)17(16-6-5-9-26(16)18)19(28)21(30)25-22(3,4)11-27/h2-4,6,11,20H,5,7-9H2,1H3,(H,32,38)(H,33,39)(H,31,34,35);7-8,10,27H,5-6,9,11H2,1-4H3,(H,24,29)(H,25,30);7-8,10H,5-6,9H2,1-4H3,(H2,24,31)(H,25,29)(H,26,30);7-8,10,27H,5-6,9,11H2,1-4H3,(H,24,29)(H,25,30)/t11-;;;/m1.../s1. The molecule has 9 amide bonds. The highest BCUT2D eigenvalue weighted by Gasteiger charge is 2.60. The number of nitrogens with zero attached hydrogens (tertiary/aromatic N) is 6. The lowest BCUT2D eigenvalue weighted by atomic mass is 9.71. The van der Waals surface area contributed by atoms with Crippen LogP contribution in [0.25, 0.3) is 0 Å². The zero-order chi connectivity index (χ0) is 95.8. The monoisotopic (exact) mass is 1830 g/mol. The Hall–Kier alpha value is -13.3. The quantitative estimate of drug-likeness (QED) is 0.0144. The zero-order valence-corrected chi connectivity index (χ0v) is 73.9. The SMILES string of the molecule is Cc1c(C(=O)C(=O)NC2(c3cn[nH]n3)CC(F)(F)C2)c2n(c1C(=O)Nc1cccc(C(F)F)c1F)C[C@H](F)C2.Cc1ccc(NC(=O)c2c(C)c(C(=O)C(=O)NC(C)(C)C(N)=O)c3n2CCC3)cc1F.Cc1ccc(NC(=O)c2c(C)c(C(=O)C(=O)NC(C)(C)CO)c3n2CCC3)cc1Cl.Cc1ccc(NC(=O)c2c(C)c(C(=O)C(=O)NC(C)(C)CO)c3n2CCC3)cc1F. The molecule has 1 aliphatic carbocycles. The molecule has 0 saturated heterocycles. The Bertz CT molecular complexity index is 5970. The molecule has 0 radical (unpaired) electrons. The maximum atomic E-state index is 14.5. The number of ketones is 4. The van der Waals surface area contributed by atoms with Crippen molar-refractivity contribution >= 4 is 111 Å². The summed E-state index contributed by atoms with van der Waals surface area (Å²) in [4.78, 5) is 166. The molecule has 1 fully saturated rings. The number of aliphatic hydroxyl groups is 2. The van der Waals surface area contributed by atoms with Crippen LogP contribution in [0, 0.1) is 65.9 Å². The summed E-state index contributed by atoms with van der Waals surface area (Å²) < 4.78 is 117. The lowest BCUT2D eigenvalue weighted by molar-refractivity contribution is -0.148. The second-order valence-corrected chi connectivity index (χ2v) is 34.8. The molecular weight excluding hydrogens is 1730 g/mol. The Kier molecular flexibility index (Phi) is 28.6. The Morgan fingerprint density at radius 1 is 0.531 bits per heavy atom. The van der Waals surface area contributed by atoms with Gasteiger partial charge in [0.15, 0.2) is 5.82 Å². The summed E-state index contributed by atoms with van der Waals surface area (Å²) in [5, 5.41) is 48.9. The van der Waals surface area contributed by atoms with E-state index in [0.717, 1.165) is 47.4 Å². The van der Waals surface area contributed by atoms with E-state index in [1.165, 1.54) is 32.9 Å². The molecule has 0 unspecified atom stereocenters. The summed E-state index contributed by atoms with van der Waals surface area (Å²) in [6, 6.07) is 17.1. The van der Waals surface area contributed by atoms with Crippen LogP contribution in [-0.4, -0.2) is 162 Å². The number of alkyl halides is 5. The van der Waals surface area contributed by atoms with Gasteiger partial charge < -0.3 is 76.7 Å². The molecule has 31 nitrogen and oxygen atoms in total. The number of hydrogen-bond donors (Lipinski definition) is 12. The van der Waals surface area contributed by atoms with Crippen molar-refractivity contribution in [1.29, 1.82) is 0 Å². The minimum atomic E-state index is -3.15. The van der Waals surface area contributed by atoms with E-state index in [1.807, 2.05) is 17.6 Å².